The maximum absolute atomic E-state index is 13.2. The molecule has 0 saturated carbocycles. The third kappa shape index (κ3) is 4.04. The number of benzene rings is 2. The number of carbonyl (C=O) groups is 1. The molecule has 0 aliphatic rings. The van der Waals surface area contributed by atoms with Crippen LogP contribution >= 0.6 is 11.8 Å². The summed E-state index contributed by atoms with van der Waals surface area (Å²) in [6.07, 6.45) is 0. The molecule has 7 heteroatoms. The van der Waals surface area contributed by atoms with E-state index in [9.17, 15) is 9.59 Å². The Balaban J connectivity index is 2.14. The lowest BCUT2D eigenvalue weighted by atomic mass is 10.2. The summed E-state index contributed by atoms with van der Waals surface area (Å²) in [5.41, 5.74) is 1.13. The number of hydrogen-bond acceptors (Lipinski definition) is 5. The first kappa shape index (κ1) is 19.9. The van der Waals surface area contributed by atoms with Gasteiger partial charge in [0, 0.05) is 14.1 Å². The van der Waals surface area contributed by atoms with Crippen LogP contribution in [0.2, 0.25) is 0 Å². The van der Waals surface area contributed by atoms with Crippen molar-refractivity contribution >= 4 is 28.6 Å². The lowest BCUT2D eigenvalue weighted by Gasteiger charge is -2.19. The van der Waals surface area contributed by atoms with Crippen LogP contribution in [-0.2, 0) is 4.79 Å². The van der Waals surface area contributed by atoms with Crippen LogP contribution in [0, 0.1) is 0 Å². The fourth-order valence-corrected chi connectivity index (χ4v) is 3.92. The molecule has 0 N–H and O–H groups in total. The molecule has 6 nitrogen and oxygen atoms in total. The van der Waals surface area contributed by atoms with Crippen molar-refractivity contribution in [2.24, 2.45) is 0 Å². The van der Waals surface area contributed by atoms with Crippen LogP contribution < -0.4 is 10.3 Å². The first-order valence-electron chi connectivity index (χ1n) is 9.05. The number of rotatable bonds is 6. The standard InChI is InChI=1S/C21H23N3O3S/c1-5-27-16-12-10-15(11-13-16)24-20(26)17-8-6-7-9-18(17)22-21(24)28-14(2)19(25)23(3)4/h6-14H,5H2,1-4H3. The van der Waals surface area contributed by atoms with Crippen LogP contribution in [0.1, 0.15) is 13.8 Å². The predicted molar refractivity (Wildman–Crippen MR) is 113 cm³/mol. The molecule has 28 heavy (non-hydrogen) atoms. The monoisotopic (exact) mass is 397 g/mol. The van der Waals surface area contributed by atoms with Gasteiger partial charge in [-0.25, -0.2) is 4.98 Å². The van der Waals surface area contributed by atoms with Gasteiger partial charge in [0.15, 0.2) is 5.16 Å². The highest BCUT2D eigenvalue weighted by Crippen LogP contribution is 2.26. The van der Waals surface area contributed by atoms with E-state index in [1.165, 1.54) is 16.7 Å². The van der Waals surface area contributed by atoms with Crippen molar-refractivity contribution < 1.29 is 9.53 Å². The number of carbonyl (C=O) groups excluding carboxylic acids is 1. The summed E-state index contributed by atoms with van der Waals surface area (Å²) in [5, 5.41) is 0.639. The number of thioether (sulfide) groups is 1. The molecule has 1 amide bonds. The minimum atomic E-state index is -0.378. The van der Waals surface area contributed by atoms with E-state index >= 15 is 0 Å². The van der Waals surface area contributed by atoms with Crippen molar-refractivity contribution in [1.29, 1.82) is 0 Å². The van der Waals surface area contributed by atoms with E-state index in [1.54, 1.807) is 24.7 Å². The van der Waals surface area contributed by atoms with Crippen molar-refractivity contribution in [3.63, 3.8) is 0 Å². The molecule has 1 atom stereocenters. The largest absolute Gasteiger partial charge is 0.494 e. The number of nitrogens with zero attached hydrogens (tertiary/aromatic N) is 3. The van der Waals surface area contributed by atoms with E-state index < -0.39 is 0 Å². The van der Waals surface area contributed by atoms with Crippen LogP contribution in [0.4, 0.5) is 0 Å². The lowest BCUT2D eigenvalue weighted by Crippen LogP contribution is -2.31. The smallest absolute Gasteiger partial charge is 0.266 e. The predicted octanol–water partition coefficient (Wildman–Crippen LogP) is 3.35. The summed E-state index contributed by atoms with van der Waals surface area (Å²) >= 11 is 1.27. The van der Waals surface area contributed by atoms with Crippen molar-refractivity contribution in [3.05, 3.63) is 58.9 Å². The highest BCUT2D eigenvalue weighted by molar-refractivity contribution is 8.00. The van der Waals surface area contributed by atoms with Crippen LogP contribution in [0.15, 0.2) is 58.5 Å². The summed E-state index contributed by atoms with van der Waals surface area (Å²) < 4.78 is 7.05. The molecule has 0 bridgehead atoms. The highest BCUT2D eigenvalue weighted by Gasteiger charge is 2.21. The second kappa shape index (κ2) is 8.48. The third-order valence-corrected chi connectivity index (χ3v) is 5.26. The average Bonchev–Trinajstić information content (AvgIpc) is 2.68. The maximum Gasteiger partial charge on any atom is 0.266 e. The van der Waals surface area contributed by atoms with Crippen molar-refractivity contribution in [3.8, 4) is 11.4 Å². The second-order valence-corrected chi connectivity index (χ2v) is 7.78. The van der Waals surface area contributed by atoms with Gasteiger partial charge in [0.1, 0.15) is 5.75 Å². The number of hydrogen-bond donors (Lipinski definition) is 0. The van der Waals surface area contributed by atoms with Gasteiger partial charge in [0.2, 0.25) is 5.91 Å². The van der Waals surface area contributed by atoms with Crippen LogP contribution in [-0.4, -0.2) is 46.3 Å². The Labute approximate surface area is 168 Å². The van der Waals surface area contributed by atoms with E-state index in [2.05, 4.69) is 4.98 Å². The molecular formula is C21H23N3O3S. The van der Waals surface area contributed by atoms with Gasteiger partial charge in [0.05, 0.1) is 28.4 Å². The van der Waals surface area contributed by atoms with Gasteiger partial charge in [-0.1, -0.05) is 23.9 Å². The number of aromatic nitrogens is 2. The van der Waals surface area contributed by atoms with Gasteiger partial charge >= 0.3 is 0 Å². The number of amides is 1. The molecule has 146 valence electrons. The first-order valence-corrected chi connectivity index (χ1v) is 9.93. The topological polar surface area (TPSA) is 64.4 Å². The van der Waals surface area contributed by atoms with E-state index in [1.807, 2.05) is 56.3 Å². The van der Waals surface area contributed by atoms with Crippen molar-refractivity contribution in [2.75, 3.05) is 20.7 Å². The molecule has 0 saturated heterocycles. The molecule has 1 unspecified atom stereocenters. The molecule has 3 aromatic rings. The van der Waals surface area contributed by atoms with Crippen molar-refractivity contribution in [2.45, 2.75) is 24.3 Å². The summed E-state index contributed by atoms with van der Waals surface area (Å²) in [7, 11) is 3.43. The average molecular weight is 398 g/mol. The third-order valence-electron chi connectivity index (χ3n) is 4.22. The van der Waals surface area contributed by atoms with Crippen LogP contribution in [0.3, 0.4) is 0 Å². The zero-order valence-electron chi connectivity index (χ0n) is 16.4. The fourth-order valence-electron chi connectivity index (χ4n) is 2.85. The summed E-state index contributed by atoms with van der Waals surface area (Å²) in [4.78, 5) is 31.8. The minimum Gasteiger partial charge on any atom is -0.494 e. The van der Waals surface area contributed by atoms with Gasteiger partial charge < -0.3 is 9.64 Å². The second-order valence-electron chi connectivity index (χ2n) is 6.47. The highest BCUT2D eigenvalue weighted by atomic mass is 32.2. The maximum atomic E-state index is 13.2. The van der Waals surface area contributed by atoms with Gasteiger partial charge in [-0.15, -0.1) is 0 Å². The molecule has 1 heterocycles. The molecule has 0 radical (unpaired) electrons. The van der Waals surface area contributed by atoms with Gasteiger partial charge in [-0.3, -0.25) is 14.2 Å². The van der Waals surface area contributed by atoms with E-state index in [-0.39, 0.29) is 16.7 Å². The molecule has 0 aliphatic carbocycles. The minimum absolute atomic E-state index is 0.0364. The van der Waals surface area contributed by atoms with E-state index in [0.29, 0.717) is 28.4 Å². The Hall–Kier alpha value is -2.80. The van der Waals surface area contributed by atoms with Gasteiger partial charge in [0.25, 0.3) is 5.56 Å². The Bertz CT molecular complexity index is 1040. The van der Waals surface area contributed by atoms with E-state index in [4.69, 9.17) is 4.74 Å². The zero-order valence-corrected chi connectivity index (χ0v) is 17.2. The Kier molecular flexibility index (Phi) is 6.04. The number of ether oxygens (including phenoxy) is 1. The van der Waals surface area contributed by atoms with Crippen LogP contribution in [0.5, 0.6) is 5.75 Å². The molecular weight excluding hydrogens is 374 g/mol. The SMILES string of the molecule is CCOc1ccc(-n2c(SC(C)C(=O)N(C)C)nc3ccccc3c2=O)cc1. The molecule has 3 rings (SSSR count). The summed E-state index contributed by atoms with van der Waals surface area (Å²) in [6.45, 7) is 4.31. The number of fused-ring (bicyclic) bond motifs is 1. The lowest BCUT2D eigenvalue weighted by molar-refractivity contribution is -0.127. The molecule has 2 aromatic carbocycles. The summed E-state index contributed by atoms with van der Waals surface area (Å²) in [5.74, 6) is 0.698. The van der Waals surface area contributed by atoms with Gasteiger partial charge in [-0.05, 0) is 50.2 Å². The Morgan fingerprint density at radius 1 is 1.18 bits per heavy atom. The quantitative estimate of drug-likeness (QED) is 0.471. The Morgan fingerprint density at radius 3 is 2.50 bits per heavy atom. The van der Waals surface area contributed by atoms with Gasteiger partial charge in [-0.2, -0.15) is 0 Å². The molecule has 1 aromatic heterocycles. The molecule has 0 fully saturated rings. The molecule has 0 spiro atoms. The molecule has 0 aliphatic heterocycles. The van der Waals surface area contributed by atoms with Crippen LogP contribution in [0.25, 0.3) is 16.6 Å². The zero-order chi connectivity index (χ0) is 20.3. The first-order chi connectivity index (χ1) is 13.4. The summed E-state index contributed by atoms with van der Waals surface area (Å²) in [6, 6.07) is 14.5. The normalized spacial score (nSPS) is 12.0. The fraction of sp³-hybridized carbons (Fsp3) is 0.286. The van der Waals surface area contributed by atoms with Crippen molar-refractivity contribution in [1.82, 2.24) is 14.5 Å². The van der Waals surface area contributed by atoms with E-state index in [0.717, 1.165) is 5.75 Å². The number of para-hydroxylation sites is 1. The Morgan fingerprint density at radius 2 is 1.86 bits per heavy atom.